The Balaban J connectivity index is 1.40. The Kier molecular flexibility index (Phi) is 6.03. The van der Waals surface area contributed by atoms with Crippen molar-refractivity contribution >= 4 is 39.9 Å². The number of anilines is 2. The Bertz CT molecular complexity index is 1120. The molecule has 0 bridgehead atoms. The third-order valence-electron chi connectivity index (χ3n) is 5.21. The maximum atomic E-state index is 13.1. The number of alkyl halides is 6. The van der Waals surface area contributed by atoms with Gasteiger partial charge in [0.25, 0.3) is 0 Å². The molecule has 1 saturated heterocycles. The molecule has 176 valence electrons. The van der Waals surface area contributed by atoms with Gasteiger partial charge in [0, 0.05) is 24.8 Å². The summed E-state index contributed by atoms with van der Waals surface area (Å²) in [6.45, 7) is 0.905. The number of H-pyrrole nitrogens is 1. The normalized spacial score (nSPS) is 15.6. The van der Waals surface area contributed by atoms with Gasteiger partial charge in [-0.05, 0) is 43.3 Å². The van der Waals surface area contributed by atoms with Gasteiger partial charge in [-0.3, -0.25) is 5.10 Å². The molecule has 0 radical (unpaired) electrons. The summed E-state index contributed by atoms with van der Waals surface area (Å²) in [5.74, 6) is 0.622. The molecule has 0 unspecified atom stereocenters. The largest absolute Gasteiger partial charge is 0.416 e. The summed E-state index contributed by atoms with van der Waals surface area (Å²) in [5.41, 5.74) is -2.58. The second-order valence-electron chi connectivity index (χ2n) is 7.48. The summed E-state index contributed by atoms with van der Waals surface area (Å²) in [6, 6.07) is 1.35. The van der Waals surface area contributed by atoms with Crippen molar-refractivity contribution in [3.05, 3.63) is 41.9 Å². The Morgan fingerprint density at radius 3 is 2.24 bits per heavy atom. The standard InChI is InChI=1S/C19H17F6N7S/c20-18(21,22)10-5-11(19(23,24)25)7-13(6-10)30-17(33)32-3-1-12(2-4-32)29-15-14-8-28-31-16(14)27-9-26-15/h5-9,12H,1-4H2,(H,30,33)(H2,26,27,28,29,31). The van der Waals surface area contributed by atoms with Crippen LogP contribution in [-0.4, -0.2) is 49.3 Å². The molecular weight excluding hydrogens is 472 g/mol. The predicted octanol–water partition coefficient (Wildman–Crippen LogP) is 4.66. The lowest BCUT2D eigenvalue weighted by Crippen LogP contribution is -2.44. The van der Waals surface area contributed by atoms with Gasteiger partial charge in [-0.25, -0.2) is 9.97 Å². The molecule has 0 saturated carbocycles. The lowest BCUT2D eigenvalue weighted by Gasteiger charge is -2.34. The van der Waals surface area contributed by atoms with E-state index < -0.39 is 23.5 Å². The van der Waals surface area contributed by atoms with Crippen molar-refractivity contribution in [2.24, 2.45) is 0 Å². The SMILES string of the molecule is FC(F)(F)c1cc(NC(=S)N2CCC(Nc3ncnc4[nH]ncc34)CC2)cc(C(F)(F)F)c1. The number of rotatable bonds is 3. The van der Waals surface area contributed by atoms with E-state index in [1.807, 2.05) is 0 Å². The molecule has 1 aromatic carbocycles. The predicted molar refractivity (Wildman–Crippen MR) is 113 cm³/mol. The number of likely N-dealkylation sites (tertiary alicyclic amines) is 1. The highest BCUT2D eigenvalue weighted by Crippen LogP contribution is 2.37. The first-order chi connectivity index (χ1) is 15.5. The number of benzene rings is 1. The molecular formula is C19H17F6N7S. The van der Waals surface area contributed by atoms with Gasteiger partial charge in [0.05, 0.1) is 22.7 Å². The van der Waals surface area contributed by atoms with Crippen LogP contribution in [0, 0.1) is 0 Å². The highest BCUT2D eigenvalue weighted by Gasteiger charge is 2.37. The van der Waals surface area contributed by atoms with Crippen molar-refractivity contribution in [2.45, 2.75) is 31.2 Å². The van der Waals surface area contributed by atoms with Gasteiger partial charge in [0.2, 0.25) is 0 Å². The molecule has 1 aliphatic rings. The van der Waals surface area contributed by atoms with Crippen molar-refractivity contribution in [1.29, 1.82) is 0 Å². The fourth-order valence-corrected chi connectivity index (χ4v) is 3.83. The van der Waals surface area contributed by atoms with E-state index in [2.05, 4.69) is 30.8 Å². The number of hydrogen-bond donors (Lipinski definition) is 3. The zero-order valence-corrected chi connectivity index (χ0v) is 17.6. The lowest BCUT2D eigenvalue weighted by molar-refractivity contribution is -0.143. The molecule has 1 aliphatic heterocycles. The van der Waals surface area contributed by atoms with E-state index in [0.717, 1.165) is 5.39 Å². The Labute approximate surface area is 188 Å². The molecule has 3 heterocycles. The smallest absolute Gasteiger partial charge is 0.366 e. The molecule has 0 spiro atoms. The first kappa shape index (κ1) is 23.0. The minimum absolute atomic E-state index is 0.0439. The molecule has 14 heteroatoms. The van der Waals surface area contributed by atoms with E-state index in [1.165, 1.54) is 6.33 Å². The van der Waals surface area contributed by atoms with Gasteiger partial charge in [-0.1, -0.05) is 0 Å². The van der Waals surface area contributed by atoms with Crippen LogP contribution in [0.4, 0.5) is 37.8 Å². The first-order valence-electron chi connectivity index (χ1n) is 9.77. The summed E-state index contributed by atoms with van der Waals surface area (Å²) in [4.78, 5) is 9.99. The van der Waals surface area contributed by atoms with Crippen molar-refractivity contribution in [3.63, 3.8) is 0 Å². The van der Waals surface area contributed by atoms with E-state index in [0.29, 0.717) is 49.5 Å². The summed E-state index contributed by atoms with van der Waals surface area (Å²) < 4.78 is 78.4. The van der Waals surface area contributed by atoms with Gasteiger partial charge in [0.1, 0.15) is 12.1 Å². The van der Waals surface area contributed by atoms with Crippen molar-refractivity contribution in [3.8, 4) is 0 Å². The topological polar surface area (TPSA) is 81.8 Å². The first-order valence-corrected chi connectivity index (χ1v) is 10.2. The van der Waals surface area contributed by atoms with Crippen LogP contribution >= 0.6 is 12.2 Å². The summed E-state index contributed by atoms with van der Waals surface area (Å²) in [5, 5.41) is 13.3. The molecule has 33 heavy (non-hydrogen) atoms. The third-order valence-corrected chi connectivity index (χ3v) is 5.57. The Morgan fingerprint density at radius 1 is 1.00 bits per heavy atom. The van der Waals surface area contributed by atoms with Crippen LogP contribution in [0.3, 0.4) is 0 Å². The lowest BCUT2D eigenvalue weighted by atomic mass is 10.1. The van der Waals surface area contributed by atoms with Crippen molar-refractivity contribution in [2.75, 3.05) is 23.7 Å². The van der Waals surface area contributed by atoms with E-state index in [9.17, 15) is 26.3 Å². The van der Waals surface area contributed by atoms with E-state index in [4.69, 9.17) is 12.2 Å². The summed E-state index contributed by atoms with van der Waals surface area (Å²) in [7, 11) is 0. The number of aromatic amines is 1. The number of aromatic nitrogens is 4. The van der Waals surface area contributed by atoms with Gasteiger partial charge in [-0.2, -0.15) is 31.4 Å². The Hall–Kier alpha value is -3.16. The Morgan fingerprint density at radius 2 is 1.64 bits per heavy atom. The number of halogens is 6. The zero-order valence-electron chi connectivity index (χ0n) is 16.8. The van der Waals surface area contributed by atoms with Crippen LogP contribution in [0.25, 0.3) is 11.0 Å². The molecule has 4 rings (SSSR count). The molecule has 0 amide bonds. The van der Waals surface area contributed by atoms with Gasteiger partial charge in [-0.15, -0.1) is 0 Å². The van der Waals surface area contributed by atoms with Gasteiger partial charge in [0.15, 0.2) is 10.8 Å². The summed E-state index contributed by atoms with van der Waals surface area (Å²) >= 11 is 5.25. The minimum atomic E-state index is -4.93. The van der Waals surface area contributed by atoms with Crippen LogP contribution in [0.5, 0.6) is 0 Å². The fourth-order valence-electron chi connectivity index (χ4n) is 3.53. The summed E-state index contributed by atoms with van der Waals surface area (Å²) in [6.07, 6.45) is -5.59. The highest BCUT2D eigenvalue weighted by molar-refractivity contribution is 7.80. The molecule has 7 nitrogen and oxygen atoms in total. The van der Waals surface area contributed by atoms with Gasteiger partial charge < -0.3 is 15.5 Å². The number of thiocarbonyl (C=S) groups is 1. The molecule has 2 aromatic heterocycles. The monoisotopic (exact) mass is 489 g/mol. The molecule has 3 N–H and O–H groups in total. The minimum Gasteiger partial charge on any atom is -0.366 e. The highest BCUT2D eigenvalue weighted by atomic mass is 32.1. The average molecular weight is 489 g/mol. The number of hydrogen-bond acceptors (Lipinski definition) is 5. The van der Waals surface area contributed by atoms with E-state index in [-0.39, 0.29) is 22.9 Å². The van der Waals surface area contributed by atoms with Crippen LogP contribution in [0.1, 0.15) is 24.0 Å². The number of nitrogens with one attached hydrogen (secondary N) is 3. The number of piperidine rings is 1. The zero-order chi connectivity index (χ0) is 23.8. The van der Waals surface area contributed by atoms with Crippen LogP contribution in [-0.2, 0) is 12.4 Å². The average Bonchev–Trinajstić information content (AvgIpc) is 3.23. The molecule has 3 aromatic rings. The van der Waals surface area contributed by atoms with E-state index in [1.54, 1.807) is 11.1 Å². The third kappa shape index (κ3) is 5.26. The van der Waals surface area contributed by atoms with Crippen LogP contribution in [0.2, 0.25) is 0 Å². The maximum Gasteiger partial charge on any atom is 0.416 e. The van der Waals surface area contributed by atoms with E-state index >= 15 is 0 Å². The van der Waals surface area contributed by atoms with Crippen molar-refractivity contribution in [1.82, 2.24) is 25.1 Å². The van der Waals surface area contributed by atoms with Crippen LogP contribution in [0.15, 0.2) is 30.7 Å². The number of nitrogens with zero attached hydrogens (tertiary/aromatic N) is 4. The van der Waals surface area contributed by atoms with Gasteiger partial charge >= 0.3 is 12.4 Å². The van der Waals surface area contributed by atoms with Crippen molar-refractivity contribution < 1.29 is 26.3 Å². The van der Waals surface area contributed by atoms with Crippen LogP contribution < -0.4 is 10.6 Å². The number of fused-ring (bicyclic) bond motifs is 1. The molecule has 0 atom stereocenters. The second-order valence-corrected chi connectivity index (χ2v) is 7.87. The molecule has 0 aliphatic carbocycles. The maximum absolute atomic E-state index is 13.1. The second kappa shape index (κ2) is 8.65. The fraction of sp³-hybridized carbons (Fsp3) is 0.368. The quantitative estimate of drug-likeness (QED) is 0.365. The molecule has 1 fully saturated rings.